The summed E-state index contributed by atoms with van der Waals surface area (Å²) >= 11 is 5.43. The summed E-state index contributed by atoms with van der Waals surface area (Å²) in [6, 6.07) is 3.75. The van der Waals surface area contributed by atoms with Crippen LogP contribution in [0.5, 0.6) is 0 Å². The molecule has 1 aromatic heterocycles. The number of sulfonamides is 1. The van der Waals surface area contributed by atoms with Gasteiger partial charge in [0.05, 0.1) is 5.75 Å². The van der Waals surface area contributed by atoms with Crippen LogP contribution >= 0.6 is 11.6 Å². The van der Waals surface area contributed by atoms with Crippen LogP contribution in [-0.2, 0) is 16.4 Å². The van der Waals surface area contributed by atoms with E-state index in [2.05, 4.69) is 4.98 Å². The van der Waals surface area contributed by atoms with Gasteiger partial charge in [0.15, 0.2) is 0 Å². The van der Waals surface area contributed by atoms with Crippen molar-refractivity contribution in [2.75, 3.05) is 25.2 Å². The molecule has 0 unspecified atom stereocenters. The normalized spacial score (nSPS) is 11.9. The van der Waals surface area contributed by atoms with Crippen molar-refractivity contribution in [2.45, 2.75) is 6.42 Å². The SMILES string of the molecule is CN(CCc1ccncc1)S(=O)(=O)CCCl. The summed E-state index contributed by atoms with van der Waals surface area (Å²) in [5, 5.41) is 0. The monoisotopic (exact) mass is 262 g/mol. The Hall–Kier alpha value is -0.650. The summed E-state index contributed by atoms with van der Waals surface area (Å²) in [6.07, 6.45) is 4.08. The molecule has 0 aliphatic rings. The van der Waals surface area contributed by atoms with Gasteiger partial charge >= 0.3 is 0 Å². The zero-order valence-corrected chi connectivity index (χ0v) is 10.7. The highest BCUT2D eigenvalue weighted by atomic mass is 35.5. The molecular formula is C10H15ClN2O2S. The first-order chi connectivity index (χ1) is 7.56. The Balaban J connectivity index is 2.50. The molecule has 0 amide bonds. The largest absolute Gasteiger partial charge is 0.265 e. The Morgan fingerprint density at radius 1 is 1.38 bits per heavy atom. The molecule has 6 heteroatoms. The van der Waals surface area contributed by atoms with E-state index < -0.39 is 10.0 Å². The van der Waals surface area contributed by atoms with Crippen molar-refractivity contribution in [1.29, 1.82) is 0 Å². The molecule has 0 saturated heterocycles. The van der Waals surface area contributed by atoms with Crippen LogP contribution in [0.15, 0.2) is 24.5 Å². The van der Waals surface area contributed by atoms with Crippen LogP contribution in [0.1, 0.15) is 5.56 Å². The van der Waals surface area contributed by atoms with Gasteiger partial charge in [0.25, 0.3) is 0 Å². The molecule has 0 N–H and O–H groups in total. The predicted octanol–water partition coefficient (Wildman–Crippen LogP) is 1.12. The van der Waals surface area contributed by atoms with Gasteiger partial charge in [-0.15, -0.1) is 11.6 Å². The Labute approximate surface area is 101 Å². The van der Waals surface area contributed by atoms with Gasteiger partial charge in [0.1, 0.15) is 0 Å². The number of hydrogen-bond acceptors (Lipinski definition) is 3. The van der Waals surface area contributed by atoms with Gasteiger partial charge < -0.3 is 0 Å². The lowest BCUT2D eigenvalue weighted by atomic mass is 10.2. The average Bonchev–Trinajstić information content (AvgIpc) is 2.27. The van der Waals surface area contributed by atoms with E-state index >= 15 is 0 Å². The lowest BCUT2D eigenvalue weighted by molar-refractivity contribution is 0.474. The molecule has 4 nitrogen and oxygen atoms in total. The molecule has 0 fully saturated rings. The molecule has 1 rings (SSSR count). The summed E-state index contributed by atoms with van der Waals surface area (Å²) in [5.74, 6) is 0.114. The lowest BCUT2D eigenvalue weighted by Crippen LogP contribution is -2.31. The summed E-state index contributed by atoms with van der Waals surface area (Å²) in [4.78, 5) is 3.90. The van der Waals surface area contributed by atoms with E-state index in [0.29, 0.717) is 13.0 Å². The maximum atomic E-state index is 11.6. The molecule has 0 aromatic carbocycles. The maximum Gasteiger partial charge on any atom is 0.215 e. The fourth-order valence-corrected chi connectivity index (χ4v) is 2.69. The minimum Gasteiger partial charge on any atom is -0.265 e. The van der Waals surface area contributed by atoms with Crippen molar-refractivity contribution < 1.29 is 8.42 Å². The Bertz CT molecular complexity index is 408. The van der Waals surface area contributed by atoms with E-state index in [9.17, 15) is 8.42 Å². The highest BCUT2D eigenvalue weighted by Crippen LogP contribution is 2.03. The summed E-state index contributed by atoms with van der Waals surface area (Å²) < 4.78 is 24.5. The van der Waals surface area contributed by atoms with Crippen LogP contribution in [-0.4, -0.2) is 42.9 Å². The van der Waals surface area contributed by atoms with E-state index in [1.54, 1.807) is 19.4 Å². The van der Waals surface area contributed by atoms with Crippen LogP contribution in [0.4, 0.5) is 0 Å². The fraction of sp³-hybridized carbons (Fsp3) is 0.500. The molecule has 1 heterocycles. The van der Waals surface area contributed by atoms with Crippen LogP contribution in [0.3, 0.4) is 0 Å². The van der Waals surface area contributed by atoms with Gasteiger partial charge in [0.2, 0.25) is 10.0 Å². The quantitative estimate of drug-likeness (QED) is 0.722. The van der Waals surface area contributed by atoms with Crippen LogP contribution in [0.2, 0.25) is 0 Å². The zero-order chi connectivity index (χ0) is 12.0. The Morgan fingerprint density at radius 2 is 2.00 bits per heavy atom. The van der Waals surface area contributed by atoms with E-state index in [1.165, 1.54) is 4.31 Å². The maximum absolute atomic E-state index is 11.6. The van der Waals surface area contributed by atoms with Crippen LogP contribution < -0.4 is 0 Å². The summed E-state index contributed by atoms with van der Waals surface area (Å²) in [5.41, 5.74) is 1.07. The Morgan fingerprint density at radius 3 is 2.56 bits per heavy atom. The van der Waals surface area contributed by atoms with Crippen molar-refractivity contribution in [2.24, 2.45) is 0 Å². The second-order valence-electron chi connectivity index (χ2n) is 3.43. The van der Waals surface area contributed by atoms with E-state index in [-0.39, 0.29) is 11.6 Å². The zero-order valence-electron chi connectivity index (χ0n) is 9.13. The van der Waals surface area contributed by atoms with Gasteiger partial charge in [0, 0.05) is 31.9 Å². The number of likely N-dealkylation sites (N-methyl/N-ethyl adjacent to an activating group) is 1. The highest BCUT2D eigenvalue weighted by molar-refractivity contribution is 7.89. The van der Waals surface area contributed by atoms with Gasteiger partial charge in [-0.2, -0.15) is 0 Å². The molecule has 0 radical (unpaired) electrons. The second-order valence-corrected chi connectivity index (χ2v) is 6.01. The molecule has 1 aromatic rings. The highest BCUT2D eigenvalue weighted by Gasteiger charge is 2.16. The molecule has 0 spiro atoms. The minimum absolute atomic E-state index is 0.0125. The average molecular weight is 263 g/mol. The first-order valence-corrected chi connectivity index (χ1v) is 7.09. The number of hydrogen-bond donors (Lipinski definition) is 0. The third kappa shape index (κ3) is 4.08. The second kappa shape index (κ2) is 6.18. The number of alkyl halides is 1. The van der Waals surface area contributed by atoms with Crippen molar-refractivity contribution >= 4 is 21.6 Å². The minimum atomic E-state index is -3.19. The summed E-state index contributed by atoms with van der Waals surface area (Å²) in [6.45, 7) is 0.462. The predicted molar refractivity (Wildman–Crippen MR) is 65.1 cm³/mol. The first-order valence-electron chi connectivity index (χ1n) is 4.95. The molecule has 0 atom stereocenters. The number of halogens is 1. The fourth-order valence-electron chi connectivity index (χ4n) is 1.23. The topological polar surface area (TPSA) is 50.3 Å². The third-order valence-corrected chi connectivity index (χ3v) is 4.54. The van der Waals surface area contributed by atoms with Crippen molar-refractivity contribution in [3.05, 3.63) is 30.1 Å². The van der Waals surface area contributed by atoms with Gasteiger partial charge in [-0.25, -0.2) is 12.7 Å². The lowest BCUT2D eigenvalue weighted by Gasteiger charge is -2.16. The van der Waals surface area contributed by atoms with Crippen molar-refractivity contribution in [3.8, 4) is 0 Å². The number of aromatic nitrogens is 1. The molecule has 90 valence electrons. The number of rotatable bonds is 6. The van der Waals surface area contributed by atoms with Gasteiger partial charge in [-0.1, -0.05) is 0 Å². The molecule has 0 bridgehead atoms. The van der Waals surface area contributed by atoms with E-state index in [1.807, 2.05) is 12.1 Å². The molecule has 0 saturated carbocycles. The van der Waals surface area contributed by atoms with Crippen molar-refractivity contribution in [1.82, 2.24) is 9.29 Å². The Kier molecular flexibility index (Phi) is 5.18. The molecule has 16 heavy (non-hydrogen) atoms. The summed E-state index contributed by atoms with van der Waals surface area (Å²) in [7, 11) is -1.62. The molecule has 0 aliphatic heterocycles. The number of pyridine rings is 1. The van der Waals surface area contributed by atoms with Crippen LogP contribution in [0.25, 0.3) is 0 Å². The van der Waals surface area contributed by atoms with Crippen LogP contribution in [0, 0.1) is 0 Å². The molecule has 0 aliphatic carbocycles. The van der Waals surface area contributed by atoms with Crippen molar-refractivity contribution in [3.63, 3.8) is 0 Å². The third-order valence-electron chi connectivity index (χ3n) is 2.27. The first kappa shape index (κ1) is 13.4. The standard InChI is InChI=1S/C10H15ClN2O2S/c1-13(16(14,15)9-5-11)8-4-10-2-6-12-7-3-10/h2-3,6-7H,4-5,8-9H2,1H3. The van der Waals surface area contributed by atoms with Gasteiger partial charge in [-0.05, 0) is 24.1 Å². The smallest absolute Gasteiger partial charge is 0.215 e. The van der Waals surface area contributed by atoms with Gasteiger partial charge in [-0.3, -0.25) is 4.98 Å². The van der Waals surface area contributed by atoms with E-state index in [4.69, 9.17) is 11.6 Å². The molecular weight excluding hydrogens is 248 g/mol. The van der Waals surface area contributed by atoms with E-state index in [0.717, 1.165) is 5.56 Å². The number of nitrogens with zero attached hydrogens (tertiary/aromatic N) is 2.